The predicted octanol–water partition coefficient (Wildman–Crippen LogP) is 3.57. The van der Waals surface area contributed by atoms with Crippen molar-refractivity contribution in [2.24, 2.45) is 0 Å². The fourth-order valence-corrected chi connectivity index (χ4v) is 3.67. The lowest BCUT2D eigenvalue weighted by Crippen LogP contribution is -2.33. The number of amides is 2. The van der Waals surface area contributed by atoms with E-state index in [9.17, 15) is 9.59 Å². The molecule has 0 bridgehead atoms. The molecule has 2 amide bonds. The van der Waals surface area contributed by atoms with Gasteiger partial charge in [0.1, 0.15) is 6.54 Å². The second-order valence-electron chi connectivity index (χ2n) is 4.63. The van der Waals surface area contributed by atoms with Crippen LogP contribution < -0.4 is 5.32 Å². The van der Waals surface area contributed by atoms with E-state index in [2.05, 4.69) is 10.3 Å². The SMILES string of the molecule is O=C(CN1CCSC1=O)Nc1nc(-c2ccc(Cl)cc2)cs1. The van der Waals surface area contributed by atoms with Gasteiger partial charge in [0.15, 0.2) is 5.13 Å². The van der Waals surface area contributed by atoms with Crippen molar-refractivity contribution in [3.8, 4) is 11.3 Å². The Bertz CT molecular complexity index is 702. The third-order valence-electron chi connectivity index (χ3n) is 3.07. The normalized spacial score (nSPS) is 14.4. The summed E-state index contributed by atoms with van der Waals surface area (Å²) < 4.78 is 0. The minimum absolute atomic E-state index is 0.0452. The zero-order valence-corrected chi connectivity index (χ0v) is 13.8. The molecule has 3 rings (SSSR count). The monoisotopic (exact) mass is 353 g/mol. The average Bonchev–Trinajstić information content (AvgIpc) is 3.10. The molecule has 0 unspecified atom stereocenters. The van der Waals surface area contributed by atoms with E-state index in [1.807, 2.05) is 17.5 Å². The minimum Gasteiger partial charge on any atom is -0.323 e. The molecule has 2 heterocycles. The van der Waals surface area contributed by atoms with Gasteiger partial charge in [0.2, 0.25) is 5.91 Å². The van der Waals surface area contributed by atoms with Crippen molar-refractivity contribution >= 4 is 51.0 Å². The van der Waals surface area contributed by atoms with Crippen LogP contribution in [0.2, 0.25) is 5.02 Å². The van der Waals surface area contributed by atoms with Crippen molar-refractivity contribution in [2.45, 2.75) is 0 Å². The summed E-state index contributed by atoms with van der Waals surface area (Å²) in [6.45, 7) is 0.687. The molecular formula is C14H12ClN3O2S2. The van der Waals surface area contributed by atoms with E-state index in [-0.39, 0.29) is 17.7 Å². The molecular weight excluding hydrogens is 342 g/mol. The molecule has 1 aliphatic rings. The van der Waals surface area contributed by atoms with Crippen molar-refractivity contribution in [3.63, 3.8) is 0 Å². The Morgan fingerprint density at radius 1 is 1.36 bits per heavy atom. The third kappa shape index (κ3) is 3.60. The second-order valence-corrected chi connectivity index (χ2v) is 6.97. The molecule has 1 aromatic carbocycles. The van der Waals surface area contributed by atoms with E-state index in [1.54, 1.807) is 12.1 Å². The Morgan fingerprint density at radius 3 is 2.82 bits per heavy atom. The number of halogens is 1. The summed E-state index contributed by atoms with van der Waals surface area (Å²) in [7, 11) is 0. The lowest BCUT2D eigenvalue weighted by molar-refractivity contribution is -0.116. The van der Waals surface area contributed by atoms with Gasteiger partial charge in [-0.3, -0.25) is 9.59 Å². The maximum absolute atomic E-state index is 11.9. The first-order chi connectivity index (χ1) is 10.6. The van der Waals surface area contributed by atoms with Gasteiger partial charge in [0, 0.05) is 28.3 Å². The summed E-state index contributed by atoms with van der Waals surface area (Å²) in [4.78, 5) is 29.3. The van der Waals surface area contributed by atoms with Gasteiger partial charge in [-0.05, 0) is 12.1 Å². The van der Waals surface area contributed by atoms with Crippen LogP contribution >= 0.6 is 34.7 Å². The van der Waals surface area contributed by atoms with Gasteiger partial charge >= 0.3 is 0 Å². The van der Waals surface area contributed by atoms with Gasteiger partial charge in [-0.15, -0.1) is 11.3 Å². The Labute approximate surface area is 140 Å². The summed E-state index contributed by atoms with van der Waals surface area (Å²) in [5, 5.41) is 5.75. The molecule has 1 aliphatic heterocycles. The van der Waals surface area contributed by atoms with Gasteiger partial charge in [0.05, 0.1) is 5.69 Å². The molecule has 8 heteroatoms. The molecule has 0 aliphatic carbocycles. The van der Waals surface area contributed by atoms with Gasteiger partial charge in [-0.25, -0.2) is 4.98 Å². The molecule has 1 aromatic heterocycles. The molecule has 1 saturated heterocycles. The number of anilines is 1. The molecule has 2 aromatic rings. The number of carbonyl (C=O) groups is 2. The molecule has 0 spiro atoms. The van der Waals surface area contributed by atoms with Gasteiger partial charge in [0.25, 0.3) is 5.24 Å². The maximum atomic E-state index is 11.9. The summed E-state index contributed by atoms with van der Waals surface area (Å²) in [6.07, 6.45) is 0. The number of thioether (sulfide) groups is 1. The standard InChI is InChI=1S/C14H12ClN3O2S2/c15-10-3-1-9(2-4-10)11-8-22-13(16-11)17-12(19)7-18-5-6-21-14(18)20/h1-4,8H,5-7H2,(H,16,17,19). The number of nitrogens with one attached hydrogen (secondary N) is 1. The summed E-state index contributed by atoms with van der Waals surface area (Å²) >= 11 is 8.45. The molecule has 0 saturated carbocycles. The second kappa shape index (κ2) is 6.68. The number of hydrogen-bond donors (Lipinski definition) is 1. The van der Waals surface area contributed by atoms with Gasteiger partial charge in [-0.1, -0.05) is 35.5 Å². The highest BCUT2D eigenvalue weighted by Gasteiger charge is 2.23. The zero-order chi connectivity index (χ0) is 15.5. The zero-order valence-electron chi connectivity index (χ0n) is 11.4. The predicted molar refractivity (Wildman–Crippen MR) is 90.6 cm³/mol. The maximum Gasteiger partial charge on any atom is 0.282 e. The molecule has 114 valence electrons. The molecule has 1 N–H and O–H groups in total. The van der Waals surface area contributed by atoms with Crippen molar-refractivity contribution in [3.05, 3.63) is 34.7 Å². The quantitative estimate of drug-likeness (QED) is 0.912. The van der Waals surface area contributed by atoms with Crippen LogP contribution in [0.3, 0.4) is 0 Å². The Morgan fingerprint density at radius 2 is 2.14 bits per heavy atom. The van der Waals surface area contributed by atoms with E-state index >= 15 is 0 Å². The molecule has 5 nitrogen and oxygen atoms in total. The first kappa shape index (κ1) is 15.3. The van der Waals surface area contributed by atoms with Crippen LogP contribution in [0.4, 0.5) is 9.93 Å². The summed E-state index contributed by atoms with van der Waals surface area (Å²) in [6, 6.07) is 7.35. The van der Waals surface area contributed by atoms with Crippen LogP contribution in [-0.2, 0) is 4.79 Å². The van der Waals surface area contributed by atoms with Crippen molar-refractivity contribution in [2.75, 3.05) is 24.2 Å². The Hall–Kier alpha value is -1.57. The number of thiazole rings is 1. The van der Waals surface area contributed by atoms with Crippen LogP contribution in [0.1, 0.15) is 0 Å². The van der Waals surface area contributed by atoms with Crippen molar-refractivity contribution in [1.29, 1.82) is 0 Å². The number of benzene rings is 1. The van der Waals surface area contributed by atoms with Crippen LogP contribution in [0.5, 0.6) is 0 Å². The van der Waals surface area contributed by atoms with Crippen molar-refractivity contribution < 1.29 is 9.59 Å². The van der Waals surface area contributed by atoms with E-state index < -0.39 is 0 Å². The fourth-order valence-electron chi connectivity index (χ4n) is 1.99. The van der Waals surface area contributed by atoms with Crippen LogP contribution in [0.25, 0.3) is 11.3 Å². The smallest absolute Gasteiger partial charge is 0.282 e. The van der Waals surface area contributed by atoms with Crippen LogP contribution in [-0.4, -0.2) is 39.9 Å². The number of hydrogen-bond acceptors (Lipinski definition) is 5. The van der Waals surface area contributed by atoms with E-state index in [1.165, 1.54) is 28.0 Å². The lowest BCUT2D eigenvalue weighted by Gasteiger charge is -2.12. The molecule has 1 fully saturated rings. The average molecular weight is 354 g/mol. The van der Waals surface area contributed by atoms with Gasteiger partial charge in [-0.2, -0.15) is 0 Å². The molecule has 0 radical (unpaired) electrons. The topological polar surface area (TPSA) is 62.3 Å². The van der Waals surface area contributed by atoms with Crippen LogP contribution in [0, 0.1) is 0 Å². The lowest BCUT2D eigenvalue weighted by atomic mass is 10.2. The fraction of sp³-hybridized carbons (Fsp3) is 0.214. The molecule has 0 atom stereocenters. The largest absolute Gasteiger partial charge is 0.323 e. The summed E-state index contributed by atoms with van der Waals surface area (Å²) in [5.74, 6) is 0.511. The van der Waals surface area contributed by atoms with Gasteiger partial charge < -0.3 is 10.2 Å². The van der Waals surface area contributed by atoms with E-state index in [4.69, 9.17) is 11.6 Å². The third-order valence-corrected chi connectivity index (χ3v) is 4.97. The molecule has 22 heavy (non-hydrogen) atoms. The highest BCUT2D eigenvalue weighted by molar-refractivity contribution is 8.13. The number of carbonyl (C=O) groups excluding carboxylic acids is 2. The summed E-state index contributed by atoms with van der Waals surface area (Å²) in [5.41, 5.74) is 1.72. The highest BCUT2D eigenvalue weighted by atomic mass is 35.5. The first-order valence-electron chi connectivity index (χ1n) is 6.55. The van der Waals surface area contributed by atoms with Crippen molar-refractivity contribution in [1.82, 2.24) is 9.88 Å². The number of rotatable bonds is 4. The first-order valence-corrected chi connectivity index (χ1v) is 8.79. The van der Waals surface area contributed by atoms with E-state index in [0.29, 0.717) is 16.7 Å². The minimum atomic E-state index is -0.229. The highest BCUT2D eigenvalue weighted by Crippen LogP contribution is 2.26. The number of aromatic nitrogens is 1. The Balaban J connectivity index is 1.62. The van der Waals surface area contributed by atoms with Crippen LogP contribution in [0.15, 0.2) is 29.6 Å². The van der Waals surface area contributed by atoms with E-state index in [0.717, 1.165) is 17.0 Å². The Kier molecular flexibility index (Phi) is 4.66. The number of nitrogens with zero attached hydrogens (tertiary/aromatic N) is 2.